The highest BCUT2D eigenvalue weighted by Crippen LogP contribution is 2.26. The number of nitrogens with one attached hydrogen (secondary N) is 1. The highest BCUT2D eigenvalue weighted by Gasteiger charge is 2.20. The molecule has 152 valence electrons. The number of nitrogens with zero attached hydrogens (tertiary/aromatic N) is 1. The second-order valence-electron chi connectivity index (χ2n) is 6.76. The summed E-state index contributed by atoms with van der Waals surface area (Å²) in [4.78, 5) is 15.3. The molecule has 0 aromatic heterocycles. The molecule has 0 radical (unpaired) electrons. The number of hydrogen-bond donors (Lipinski definition) is 1. The van der Waals surface area contributed by atoms with Crippen molar-refractivity contribution in [3.8, 4) is 0 Å². The van der Waals surface area contributed by atoms with Crippen LogP contribution >= 0.6 is 11.8 Å². The van der Waals surface area contributed by atoms with Gasteiger partial charge in [-0.25, -0.2) is 0 Å². The number of aryl methyl sites for hydroxylation is 2. The normalized spacial score (nSPS) is 12.4. The summed E-state index contributed by atoms with van der Waals surface area (Å²) in [5, 5.41) is 3.11. The number of anilines is 1. The molecule has 0 bridgehead atoms. The third-order valence-corrected chi connectivity index (χ3v) is 5.59. The van der Waals surface area contributed by atoms with E-state index >= 15 is 0 Å². The molecule has 2 aromatic carbocycles. The smallest absolute Gasteiger partial charge is 0.288 e. The van der Waals surface area contributed by atoms with Gasteiger partial charge in [0.2, 0.25) is 5.91 Å². The van der Waals surface area contributed by atoms with Crippen LogP contribution in [0.4, 0.5) is 14.5 Å². The standard InChI is InChI=1S/C22H28F2N2OS/c1-5-17-8-7-9-18(6-2)20(17)25-21(27)15(3)26(4)14-16-10-12-19(13-11-16)28-22(23)24/h7-13,15,22H,5-6,14H2,1-4H3,(H,25,27). The number of hydrogen-bond acceptors (Lipinski definition) is 3. The molecular formula is C22H28F2N2OS. The zero-order valence-corrected chi connectivity index (χ0v) is 17.7. The van der Waals surface area contributed by atoms with E-state index in [0.29, 0.717) is 23.2 Å². The van der Waals surface area contributed by atoms with Crippen LogP contribution in [0.15, 0.2) is 47.4 Å². The average Bonchev–Trinajstić information content (AvgIpc) is 2.68. The third-order valence-electron chi connectivity index (χ3n) is 4.87. The lowest BCUT2D eigenvalue weighted by Gasteiger charge is -2.25. The summed E-state index contributed by atoms with van der Waals surface area (Å²) in [6.45, 7) is 6.59. The summed E-state index contributed by atoms with van der Waals surface area (Å²) in [6, 6.07) is 12.8. The van der Waals surface area contributed by atoms with Gasteiger partial charge in [-0.1, -0.05) is 55.9 Å². The Hall–Kier alpha value is -1.92. The topological polar surface area (TPSA) is 32.3 Å². The summed E-state index contributed by atoms with van der Waals surface area (Å²) in [6.07, 6.45) is 1.72. The lowest BCUT2D eigenvalue weighted by Crippen LogP contribution is -2.39. The number of likely N-dealkylation sites (N-methyl/N-ethyl adjacent to an activating group) is 1. The number of thioether (sulfide) groups is 1. The Labute approximate surface area is 170 Å². The molecular weight excluding hydrogens is 378 g/mol. The molecule has 0 aliphatic rings. The predicted molar refractivity (Wildman–Crippen MR) is 113 cm³/mol. The van der Waals surface area contributed by atoms with Gasteiger partial charge < -0.3 is 5.32 Å². The van der Waals surface area contributed by atoms with Gasteiger partial charge in [0.25, 0.3) is 5.76 Å². The maximum absolute atomic E-state index is 12.8. The van der Waals surface area contributed by atoms with E-state index in [0.717, 1.165) is 35.2 Å². The molecule has 0 saturated carbocycles. The van der Waals surface area contributed by atoms with Gasteiger partial charge in [-0.2, -0.15) is 8.78 Å². The van der Waals surface area contributed by atoms with Crippen LogP contribution in [0.3, 0.4) is 0 Å². The molecule has 1 N–H and O–H groups in total. The van der Waals surface area contributed by atoms with Crippen molar-refractivity contribution in [3.63, 3.8) is 0 Å². The van der Waals surface area contributed by atoms with E-state index in [1.54, 1.807) is 12.1 Å². The Bertz CT molecular complexity index is 758. The second kappa shape index (κ2) is 10.6. The summed E-state index contributed by atoms with van der Waals surface area (Å²) >= 11 is 0.534. The second-order valence-corrected chi connectivity index (χ2v) is 7.82. The lowest BCUT2D eigenvalue weighted by molar-refractivity contribution is -0.120. The minimum Gasteiger partial charge on any atom is -0.324 e. The largest absolute Gasteiger partial charge is 0.324 e. The highest BCUT2D eigenvalue weighted by atomic mass is 32.2. The Balaban J connectivity index is 2.03. The highest BCUT2D eigenvalue weighted by molar-refractivity contribution is 7.99. The molecule has 1 amide bonds. The molecule has 1 atom stereocenters. The first kappa shape index (κ1) is 22.4. The number of alkyl halides is 2. The summed E-state index contributed by atoms with van der Waals surface area (Å²) < 4.78 is 24.8. The number of amides is 1. The maximum atomic E-state index is 12.8. The van der Waals surface area contributed by atoms with Crippen molar-refractivity contribution in [2.24, 2.45) is 0 Å². The van der Waals surface area contributed by atoms with Crippen LogP contribution in [-0.2, 0) is 24.2 Å². The first-order chi connectivity index (χ1) is 13.3. The van der Waals surface area contributed by atoms with Gasteiger partial charge in [0.1, 0.15) is 0 Å². The SMILES string of the molecule is CCc1cccc(CC)c1NC(=O)C(C)N(C)Cc1ccc(SC(F)F)cc1. The number of carbonyl (C=O) groups excluding carboxylic acids is 1. The van der Waals surface area contributed by atoms with E-state index < -0.39 is 5.76 Å². The zero-order chi connectivity index (χ0) is 20.7. The van der Waals surface area contributed by atoms with Crippen LogP contribution in [0, 0.1) is 0 Å². The molecule has 0 aliphatic carbocycles. The monoisotopic (exact) mass is 406 g/mol. The fraction of sp³-hybridized carbons (Fsp3) is 0.409. The first-order valence-electron chi connectivity index (χ1n) is 9.51. The molecule has 0 saturated heterocycles. The van der Waals surface area contributed by atoms with E-state index in [1.165, 1.54) is 0 Å². The van der Waals surface area contributed by atoms with Crippen molar-refractivity contribution in [1.29, 1.82) is 0 Å². The fourth-order valence-corrected chi connectivity index (χ4v) is 3.53. The van der Waals surface area contributed by atoms with Gasteiger partial charge in [0, 0.05) is 17.1 Å². The summed E-state index contributed by atoms with van der Waals surface area (Å²) in [7, 11) is 1.89. The van der Waals surface area contributed by atoms with Gasteiger partial charge in [-0.3, -0.25) is 9.69 Å². The molecule has 2 rings (SSSR count). The van der Waals surface area contributed by atoms with Gasteiger partial charge >= 0.3 is 0 Å². The van der Waals surface area contributed by atoms with Crippen LogP contribution in [-0.4, -0.2) is 29.7 Å². The fourth-order valence-electron chi connectivity index (χ4n) is 3.03. The number of rotatable bonds is 9. The summed E-state index contributed by atoms with van der Waals surface area (Å²) in [5.74, 6) is -2.47. The van der Waals surface area contributed by atoms with Crippen molar-refractivity contribution in [1.82, 2.24) is 4.90 Å². The number of carbonyl (C=O) groups is 1. The molecule has 1 unspecified atom stereocenters. The first-order valence-corrected chi connectivity index (χ1v) is 10.4. The molecule has 2 aromatic rings. The van der Waals surface area contributed by atoms with Gasteiger partial charge in [-0.15, -0.1) is 0 Å². The van der Waals surface area contributed by atoms with Crippen molar-refractivity contribution in [3.05, 3.63) is 59.2 Å². The minimum absolute atomic E-state index is 0.0528. The molecule has 0 fully saturated rings. The quantitative estimate of drug-likeness (QED) is 0.551. The van der Waals surface area contributed by atoms with E-state index in [-0.39, 0.29) is 11.9 Å². The van der Waals surface area contributed by atoms with Crippen LogP contribution in [0.5, 0.6) is 0 Å². The number of halogens is 2. The zero-order valence-electron chi connectivity index (χ0n) is 16.8. The molecule has 28 heavy (non-hydrogen) atoms. The van der Waals surface area contributed by atoms with Crippen LogP contribution in [0.2, 0.25) is 0 Å². The number of para-hydroxylation sites is 1. The Morgan fingerprint density at radius 2 is 1.64 bits per heavy atom. The summed E-state index contributed by atoms with van der Waals surface area (Å²) in [5.41, 5.74) is 4.17. The molecule has 6 heteroatoms. The Kier molecular flexibility index (Phi) is 8.45. The minimum atomic E-state index is -2.42. The van der Waals surface area contributed by atoms with Crippen molar-refractivity contribution < 1.29 is 13.6 Å². The van der Waals surface area contributed by atoms with Gasteiger partial charge in [0.15, 0.2) is 0 Å². The Morgan fingerprint density at radius 1 is 1.07 bits per heavy atom. The molecule has 0 spiro atoms. The van der Waals surface area contributed by atoms with E-state index in [4.69, 9.17) is 0 Å². The van der Waals surface area contributed by atoms with E-state index in [9.17, 15) is 13.6 Å². The Morgan fingerprint density at radius 3 is 2.14 bits per heavy atom. The van der Waals surface area contributed by atoms with E-state index in [1.807, 2.05) is 49.2 Å². The van der Waals surface area contributed by atoms with Crippen molar-refractivity contribution >= 4 is 23.4 Å². The van der Waals surface area contributed by atoms with Gasteiger partial charge in [-0.05, 0) is 55.6 Å². The van der Waals surface area contributed by atoms with E-state index in [2.05, 4.69) is 19.2 Å². The number of benzene rings is 2. The third kappa shape index (κ3) is 6.04. The van der Waals surface area contributed by atoms with Crippen molar-refractivity contribution in [2.75, 3.05) is 12.4 Å². The molecule has 3 nitrogen and oxygen atoms in total. The average molecular weight is 407 g/mol. The maximum Gasteiger partial charge on any atom is 0.288 e. The lowest BCUT2D eigenvalue weighted by atomic mass is 10.0. The molecule has 0 aliphatic heterocycles. The predicted octanol–water partition coefficient (Wildman–Crippen LogP) is 5.59. The van der Waals surface area contributed by atoms with Crippen LogP contribution in [0.1, 0.15) is 37.5 Å². The van der Waals surface area contributed by atoms with Crippen LogP contribution < -0.4 is 5.32 Å². The molecule has 0 heterocycles. The van der Waals surface area contributed by atoms with Crippen LogP contribution in [0.25, 0.3) is 0 Å². The van der Waals surface area contributed by atoms with Gasteiger partial charge in [0.05, 0.1) is 6.04 Å². The van der Waals surface area contributed by atoms with Crippen molar-refractivity contribution in [2.45, 2.75) is 56.9 Å².